The van der Waals surface area contributed by atoms with Crippen LogP contribution in [0.2, 0.25) is 0 Å². The maximum atomic E-state index is 14.8. The van der Waals surface area contributed by atoms with Gasteiger partial charge in [-0.05, 0) is 90.3 Å². The normalized spacial score (nSPS) is 11.3. The number of unbranched alkanes of at least 4 members (excludes halogenated alkanes) is 4. The number of esters is 1. The van der Waals surface area contributed by atoms with Crippen molar-refractivity contribution >= 4 is 34.4 Å². The van der Waals surface area contributed by atoms with Crippen LogP contribution in [0.4, 0.5) is 32.8 Å². The second-order valence-corrected chi connectivity index (χ2v) is 10.1. The van der Waals surface area contributed by atoms with Crippen LogP contribution in [-0.2, 0) is 4.74 Å². The van der Waals surface area contributed by atoms with Crippen LogP contribution in [0.5, 0.6) is 0 Å². The molecule has 0 aromatic heterocycles. The van der Waals surface area contributed by atoms with E-state index in [4.69, 9.17) is 4.74 Å². The molecule has 4 rings (SSSR count). The zero-order chi connectivity index (χ0) is 29.7. The van der Waals surface area contributed by atoms with E-state index >= 15 is 0 Å². The van der Waals surface area contributed by atoms with Crippen molar-refractivity contribution in [2.24, 2.45) is 20.5 Å². The Labute approximate surface area is 246 Å². The third-order valence-corrected chi connectivity index (χ3v) is 6.65. The molecule has 0 amide bonds. The summed E-state index contributed by atoms with van der Waals surface area (Å²) >= 11 is 0. The molecule has 0 atom stereocenters. The molecule has 0 radical (unpaired) electrons. The number of hydrogen-bond acceptors (Lipinski definition) is 7. The van der Waals surface area contributed by atoms with Crippen LogP contribution in [-0.4, -0.2) is 26.7 Å². The first-order valence-electron chi connectivity index (χ1n) is 14.2. The number of halogens is 1. The zero-order valence-corrected chi connectivity index (χ0v) is 24.3. The highest BCUT2D eigenvalue weighted by Crippen LogP contribution is 2.29. The van der Waals surface area contributed by atoms with Gasteiger partial charge in [0.25, 0.3) is 0 Å². The fourth-order valence-corrected chi connectivity index (χ4v) is 4.15. The van der Waals surface area contributed by atoms with Gasteiger partial charge >= 0.3 is 5.97 Å². The first kappa shape index (κ1) is 30.2. The van der Waals surface area contributed by atoms with Crippen molar-refractivity contribution in [3.05, 3.63) is 102 Å². The van der Waals surface area contributed by atoms with E-state index in [1.54, 1.807) is 60.7 Å². The van der Waals surface area contributed by atoms with Crippen molar-refractivity contribution in [2.75, 3.05) is 25.6 Å². The quantitative estimate of drug-likeness (QED) is 0.0919. The minimum Gasteiger partial charge on any atom is -0.462 e. The van der Waals surface area contributed by atoms with Crippen LogP contribution in [0.15, 0.2) is 111 Å². The Bertz CT molecular complexity index is 1500. The van der Waals surface area contributed by atoms with Gasteiger partial charge < -0.3 is 9.64 Å². The predicted octanol–water partition coefficient (Wildman–Crippen LogP) is 10.5. The molecule has 0 fully saturated rings. The lowest BCUT2D eigenvalue weighted by molar-refractivity contribution is 0.0497. The van der Waals surface area contributed by atoms with Gasteiger partial charge in [0, 0.05) is 19.8 Å². The van der Waals surface area contributed by atoms with Crippen LogP contribution in [0.1, 0.15) is 49.4 Å². The molecule has 7 nitrogen and oxygen atoms in total. The molecule has 0 aliphatic heterocycles. The van der Waals surface area contributed by atoms with Crippen LogP contribution < -0.4 is 4.90 Å². The van der Waals surface area contributed by atoms with Gasteiger partial charge in [-0.1, -0.05) is 50.8 Å². The standard InChI is InChI=1S/C34H36FN5O2/c1-4-5-6-7-8-23-42-34(41)26-11-9-25(10-12-26)27-13-22-33(32(35)24-27)39-38-29-16-14-28(15-17-29)36-37-30-18-20-31(21-19-30)40(2)3/h9-22,24H,4-8,23H2,1-3H3. The van der Waals surface area contributed by atoms with Crippen molar-refractivity contribution in [3.8, 4) is 11.1 Å². The average molecular weight is 566 g/mol. The molecule has 0 saturated carbocycles. The Morgan fingerprint density at radius 3 is 1.81 bits per heavy atom. The highest BCUT2D eigenvalue weighted by molar-refractivity contribution is 5.90. The Morgan fingerprint density at radius 1 is 0.690 bits per heavy atom. The predicted molar refractivity (Wildman–Crippen MR) is 166 cm³/mol. The van der Waals surface area contributed by atoms with E-state index in [1.807, 2.05) is 43.3 Å². The topological polar surface area (TPSA) is 79.0 Å². The Morgan fingerprint density at radius 2 is 1.24 bits per heavy atom. The molecule has 42 heavy (non-hydrogen) atoms. The van der Waals surface area contributed by atoms with E-state index in [9.17, 15) is 9.18 Å². The van der Waals surface area contributed by atoms with Crippen molar-refractivity contribution in [3.63, 3.8) is 0 Å². The van der Waals surface area contributed by atoms with Crippen molar-refractivity contribution < 1.29 is 13.9 Å². The number of anilines is 1. The highest BCUT2D eigenvalue weighted by atomic mass is 19.1. The Balaban J connectivity index is 1.31. The minimum absolute atomic E-state index is 0.128. The van der Waals surface area contributed by atoms with Crippen molar-refractivity contribution in [1.29, 1.82) is 0 Å². The summed E-state index contributed by atoms with van der Waals surface area (Å²) in [5.41, 5.74) is 5.14. The number of ether oxygens (including phenoxy) is 1. The monoisotopic (exact) mass is 565 g/mol. The third-order valence-electron chi connectivity index (χ3n) is 6.65. The smallest absolute Gasteiger partial charge is 0.338 e. The first-order valence-corrected chi connectivity index (χ1v) is 14.2. The van der Waals surface area contributed by atoms with Gasteiger partial charge in [-0.3, -0.25) is 0 Å². The highest BCUT2D eigenvalue weighted by Gasteiger charge is 2.09. The lowest BCUT2D eigenvalue weighted by atomic mass is 10.0. The number of carbonyl (C=O) groups is 1. The summed E-state index contributed by atoms with van der Waals surface area (Å²) in [6, 6.07) is 26.6. The summed E-state index contributed by atoms with van der Waals surface area (Å²) < 4.78 is 20.2. The van der Waals surface area contributed by atoms with E-state index in [2.05, 4.69) is 27.4 Å². The Hall–Kier alpha value is -4.72. The van der Waals surface area contributed by atoms with Gasteiger partial charge in [0.05, 0.1) is 29.2 Å². The molecule has 0 heterocycles. The molecule has 0 bridgehead atoms. The summed E-state index contributed by atoms with van der Waals surface area (Å²) in [6.07, 6.45) is 5.48. The maximum Gasteiger partial charge on any atom is 0.338 e. The average Bonchev–Trinajstić information content (AvgIpc) is 3.01. The molecular formula is C34H36FN5O2. The number of hydrogen-bond donors (Lipinski definition) is 0. The first-order chi connectivity index (χ1) is 20.4. The van der Waals surface area contributed by atoms with Gasteiger partial charge in [-0.25, -0.2) is 9.18 Å². The van der Waals surface area contributed by atoms with Gasteiger partial charge in [-0.2, -0.15) is 15.3 Å². The Kier molecular flexibility index (Phi) is 11.0. The van der Waals surface area contributed by atoms with E-state index < -0.39 is 5.82 Å². The SMILES string of the molecule is CCCCCCCOC(=O)c1ccc(-c2ccc(N=Nc3ccc(N=Nc4ccc(N(C)C)cc4)cc3)c(F)c2)cc1. The fraction of sp³-hybridized carbons (Fsp3) is 0.265. The van der Waals surface area contributed by atoms with Gasteiger partial charge in [0.2, 0.25) is 0 Å². The summed E-state index contributed by atoms with van der Waals surface area (Å²) in [7, 11) is 3.97. The lowest BCUT2D eigenvalue weighted by Gasteiger charge is -2.11. The maximum absolute atomic E-state index is 14.8. The second kappa shape index (κ2) is 15.3. The van der Waals surface area contributed by atoms with Gasteiger partial charge in [-0.15, -0.1) is 5.11 Å². The van der Waals surface area contributed by atoms with E-state index in [0.29, 0.717) is 29.1 Å². The lowest BCUT2D eigenvalue weighted by Crippen LogP contribution is -2.07. The summed E-state index contributed by atoms with van der Waals surface area (Å²) in [5.74, 6) is -0.835. The van der Waals surface area contributed by atoms with E-state index in [0.717, 1.165) is 36.2 Å². The molecule has 0 saturated heterocycles. The van der Waals surface area contributed by atoms with Gasteiger partial charge in [0.15, 0.2) is 5.82 Å². The molecule has 0 aliphatic rings. The molecular weight excluding hydrogens is 529 g/mol. The second-order valence-electron chi connectivity index (χ2n) is 10.1. The molecule has 0 aliphatic carbocycles. The molecule has 8 heteroatoms. The number of carbonyl (C=O) groups excluding carboxylic acids is 1. The van der Waals surface area contributed by atoms with Crippen LogP contribution in [0, 0.1) is 5.82 Å². The largest absolute Gasteiger partial charge is 0.462 e. The number of benzene rings is 4. The fourth-order valence-electron chi connectivity index (χ4n) is 4.15. The van der Waals surface area contributed by atoms with Crippen LogP contribution in [0.3, 0.4) is 0 Å². The summed E-state index contributed by atoms with van der Waals surface area (Å²) in [6.45, 7) is 2.59. The number of rotatable bonds is 13. The number of nitrogens with zero attached hydrogens (tertiary/aromatic N) is 5. The van der Waals surface area contributed by atoms with Gasteiger partial charge in [0.1, 0.15) is 5.69 Å². The van der Waals surface area contributed by atoms with E-state index in [1.165, 1.54) is 18.9 Å². The summed E-state index contributed by atoms with van der Waals surface area (Å²) in [4.78, 5) is 14.3. The van der Waals surface area contributed by atoms with Crippen molar-refractivity contribution in [2.45, 2.75) is 39.0 Å². The third kappa shape index (κ3) is 8.89. The zero-order valence-electron chi connectivity index (χ0n) is 24.3. The number of azo groups is 2. The van der Waals surface area contributed by atoms with E-state index in [-0.39, 0.29) is 11.7 Å². The molecule has 0 unspecified atom stereocenters. The molecule has 216 valence electrons. The molecule has 0 N–H and O–H groups in total. The minimum atomic E-state index is -0.492. The van der Waals surface area contributed by atoms with Crippen LogP contribution >= 0.6 is 0 Å². The van der Waals surface area contributed by atoms with Crippen LogP contribution in [0.25, 0.3) is 11.1 Å². The van der Waals surface area contributed by atoms with Crippen molar-refractivity contribution in [1.82, 2.24) is 0 Å². The molecule has 4 aromatic rings. The molecule has 4 aromatic carbocycles. The summed E-state index contributed by atoms with van der Waals surface area (Å²) in [5, 5.41) is 16.8. The molecule has 0 spiro atoms.